The molecular weight excluding hydrogens is 392 g/mol. The van der Waals surface area contributed by atoms with Crippen LogP contribution in [0.1, 0.15) is 81.5 Å². The monoisotopic (exact) mass is 428 g/mol. The van der Waals surface area contributed by atoms with E-state index in [2.05, 4.69) is 23.6 Å². The summed E-state index contributed by atoms with van der Waals surface area (Å²) in [6, 6.07) is 0. The number of thiophene rings is 1. The van der Waals surface area contributed by atoms with Crippen molar-refractivity contribution in [2.75, 3.05) is 31.1 Å². The van der Waals surface area contributed by atoms with Crippen LogP contribution in [0.4, 0.5) is 5.82 Å². The molecule has 1 aliphatic heterocycles. The van der Waals surface area contributed by atoms with E-state index in [-0.39, 0.29) is 0 Å². The first-order valence-electron chi connectivity index (χ1n) is 12.0. The molecule has 0 unspecified atom stereocenters. The summed E-state index contributed by atoms with van der Waals surface area (Å²) in [5.74, 6) is 2.46. The maximum absolute atomic E-state index is 12.5. The molecule has 164 valence electrons. The zero-order valence-corrected chi connectivity index (χ0v) is 19.5. The molecular formula is C24H36N4OS. The van der Waals surface area contributed by atoms with Crippen LogP contribution >= 0.6 is 11.3 Å². The van der Waals surface area contributed by atoms with Crippen LogP contribution < -0.4 is 4.90 Å². The molecule has 4 rings (SSSR count). The molecule has 0 atom stereocenters. The summed E-state index contributed by atoms with van der Waals surface area (Å²) in [4.78, 5) is 29.8. The normalized spacial score (nSPS) is 16.9. The maximum atomic E-state index is 12.5. The van der Waals surface area contributed by atoms with Crippen LogP contribution in [0.3, 0.4) is 0 Å². The van der Waals surface area contributed by atoms with Crippen LogP contribution in [0.15, 0.2) is 0 Å². The van der Waals surface area contributed by atoms with Gasteiger partial charge in [-0.25, -0.2) is 9.97 Å². The van der Waals surface area contributed by atoms with Gasteiger partial charge in [-0.2, -0.15) is 0 Å². The number of carbonyl (C=O) groups excluding carboxylic acids is 1. The van der Waals surface area contributed by atoms with Gasteiger partial charge in [0.25, 0.3) is 0 Å². The van der Waals surface area contributed by atoms with Crippen molar-refractivity contribution in [3.8, 4) is 0 Å². The minimum absolute atomic E-state index is 0.326. The van der Waals surface area contributed by atoms with Crippen LogP contribution in [-0.4, -0.2) is 47.0 Å². The highest BCUT2D eigenvalue weighted by Gasteiger charge is 2.27. The third-order valence-electron chi connectivity index (χ3n) is 6.52. The second kappa shape index (κ2) is 10.1. The Bertz CT molecular complexity index is 870. The maximum Gasteiger partial charge on any atom is 0.222 e. The summed E-state index contributed by atoms with van der Waals surface area (Å²) in [6.45, 7) is 7.79. The minimum atomic E-state index is 0.326. The van der Waals surface area contributed by atoms with E-state index < -0.39 is 0 Å². The number of fused-ring (bicyclic) bond motifs is 3. The third-order valence-corrected chi connectivity index (χ3v) is 7.71. The molecule has 6 heteroatoms. The second-order valence-corrected chi connectivity index (χ2v) is 9.87. The average molecular weight is 429 g/mol. The lowest BCUT2D eigenvalue weighted by molar-refractivity contribution is -0.131. The van der Waals surface area contributed by atoms with E-state index in [1.165, 1.54) is 39.9 Å². The largest absolute Gasteiger partial charge is 0.352 e. The Labute approximate surface area is 184 Å². The molecule has 0 N–H and O–H groups in total. The number of carbonyl (C=O) groups is 1. The number of unbranched alkanes of at least 4 members (excludes halogenated alkanes) is 3. The van der Waals surface area contributed by atoms with Crippen molar-refractivity contribution < 1.29 is 4.79 Å². The highest BCUT2D eigenvalue weighted by atomic mass is 32.1. The zero-order valence-electron chi connectivity index (χ0n) is 18.7. The average Bonchev–Trinajstić information content (AvgIpc) is 3.16. The summed E-state index contributed by atoms with van der Waals surface area (Å²) in [6.07, 6.45) is 12.2. The van der Waals surface area contributed by atoms with Gasteiger partial charge in [-0.05, 0) is 44.1 Å². The third kappa shape index (κ3) is 4.63. The molecule has 0 aromatic carbocycles. The molecule has 0 bridgehead atoms. The van der Waals surface area contributed by atoms with Crippen LogP contribution in [0.5, 0.6) is 0 Å². The summed E-state index contributed by atoms with van der Waals surface area (Å²) >= 11 is 1.90. The van der Waals surface area contributed by atoms with Gasteiger partial charge in [0.1, 0.15) is 16.5 Å². The SMILES string of the molecule is CCCCCC(=O)N1CCN(c2nc(CCCC)nc3sc4c(c23)CCCC4)CC1. The number of nitrogens with zero attached hydrogens (tertiary/aromatic N) is 4. The molecule has 3 heterocycles. The van der Waals surface area contributed by atoms with Crippen molar-refractivity contribution >= 4 is 33.3 Å². The lowest BCUT2D eigenvalue weighted by atomic mass is 9.96. The Morgan fingerprint density at radius 3 is 2.50 bits per heavy atom. The van der Waals surface area contributed by atoms with Crippen molar-refractivity contribution in [2.24, 2.45) is 0 Å². The molecule has 0 saturated carbocycles. The molecule has 1 saturated heterocycles. The van der Waals surface area contributed by atoms with Gasteiger partial charge in [0.05, 0.1) is 5.39 Å². The first-order chi connectivity index (χ1) is 14.7. The predicted molar refractivity (Wildman–Crippen MR) is 126 cm³/mol. The Morgan fingerprint density at radius 1 is 0.967 bits per heavy atom. The Morgan fingerprint density at radius 2 is 1.73 bits per heavy atom. The fourth-order valence-electron chi connectivity index (χ4n) is 4.71. The molecule has 1 fully saturated rings. The number of aryl methyl sites for hydroxylation is 3. The van der Waals surface area contributed by atoms with Crippen LogP contribution in [0, 0.1) is 0 Å². The van der Waals surface area contributed by atoms with E-state index in [0.717, 1.165) is 82.8 Å². The van der Waals surface area contributed by atoms with Gasteiger partial charge in [0.15, 0.2) is 0 Å². The van der Waals surface area contributed by atoms with Crippen LogP contribution in [0.25, 0.3) is 10.2 Å². The second-order valence-electron chi connectivity index (χ2n) is 8.78. The molecule has 2 aliphatic rings. The molecule has 30 heavy (non-hydrogen) atoms. The standard InChI is InChI=1S/C24H36N4OS/c1-3-5-7-13-21(29)27-14-16-28(17-15-27)23-22-18-10-8-9-11-19(18)30-24(22)26-20(25-23)12-6-4-2/h3-17H2,1-2H3. The lowest BCUT2D eigenvalue weighted by Gasteiger charge is -2.36. The quantitative estimate of drug-likeness (QED) is 0.546. The van der Waals surface area contributed by atoms with Crippen molar-refractivity contribution in [1.29, 1.82) is 0 Å². The van der Waals surface area contributed by atoms with E-state index in [4.69, 9.17) is 9.97 Å². The number of hydrogen-bond donors (Lipinski definition) is 0. The first kappa shape index (κ1) is 21.5. The summed E-state index contributed by atoms with van der Waals surface area (Å²) in [7, 11) is 0. The summed E-state index contributed by atoms with van der Waals surface area (Å²) in [5, 5.41) is 1.32. The number of piperazine rings is 1. The highest BCUT2D eigenvalue weighted by molar-refractivity contribution is 7.19. The van der Waals surface area contributed by atoms with E-state index in [0.29, 0.717) is 12.3 Å². The summed E-state index contributed by atoms with van der Waals surface area (Å²) in [5.41, 5.74) is 1.51. The van der Waals surface area contributed by atoms with Crippen LogP contribution in [0.2, 0.25) is 0 Å². The van der Waals surface area contributed by atoms with Gasteiger partial charge in [0.2, 0.25) is 5.91 Å². The van der Waals surface area contributed by atoms with Gasteiger partial charge in [-0.1, -0.05) is 33.1 Å². The number of rotatable bonds is 8. The number of hydrogen-bond acceptors (Lipinski definition) is 5. The smallest absolute Gasteiger partial charge is 0.222 e. The molecule has 1 amide bonds. The molecule has 0 radical (unpaired) electrons. The molecule has 2 aromatic heterocycles. The predicted octanol–water partition coefficient (Wildman–Crippen LogP) is 5.14. The Balaban J connectivity index is 1.55. The van der Waals surface area contributed by atoms with E-state index in [1.54, 1.807) is 0 Å². The topological polar surface area (TPSA) is 49.3 Å². The van der Waals surface area contributed by atoms with Crippen molar-refractivity contribution in [1.82, 2.24) is 14.9 Å². The molecule has 0 spiro atoms. The Kier molecular flexibility index (Phi) is 7.24. The van der Waals surface area contributed by atoms with Crippen molar-refractivity contribution in [3.05, 3.63) is 16.3 Å². The van der Waals surface area contributed by atoms with Crippen LogP contribution in [-0.2, 0) is 24.1 Å². The van der Waals surface area contributed by atoms with Gasteiger partial charge < -0.3 is 9.80 Å². The number of anilines is 1. The minimum Gasteiger partial charge on any atom is -0.352 e. The summed E-state index contributed by atoms with van der Waals surface area (Å²) < 4.78 is 0. The van der Waals surface area contributed by atoms with Gasteiger partial charge in [-0.15, -0.1) is 11.3 Å². The van der Waals surface area contributed by atoms with Gasteiger partial charge >= 0.3 is 0 Å². The number of aromatic nitrogens is 2. The molecule has 5 nitrogen and oxygen atoms in total. The number of amides is 1. The molecule has 2 aromatic rings. The van der Waals surface area contributed by atoms with E-state index in [9.17, 15) is 4.79 Å². The van der Waals surface area contributed by atoms with Gasteiger partial charge in [0, 0.05) is 43.9 Å². The first-order valence-corrected chi connectivity index (χ1v) is 12.9. The Hall–Kier alpha value is -1.69. The lowest BCUT2D eigenvalue weighted by Crippen LogP contribution is -2.49. The molecule has 1 aliphatic carbocycles. The zero-order chi connectivity index (χ0) is 20.9. The fourth-order valence-corrected chi connectivity index (χ4v) is 5.98. The fraction of sp³-hybridized carbons (Fsp3) is 0.708. The van der Waals surface area contributed by atoms with E-state index >= 15 is 0 Å². The van der Waals surface area contributed by atoms with Crippen molar-refractivity contribution in [2.45, 2.75) is 84.5 Å². The van der Waals surface area contributed by atoms with Gasteiger partial charge in [-0.3, -0.25) is 4.79 Å². The highest BCUT2D eigenvalue weighted by Crippen LogP contribution is 2.40. The van der Waals surface area contributed by atoms with E-state index in [1.807, 2.05) is 11.3 Å². The van der Waals surface area contributed by atoms with Crippen molar-refractivity contribution in [3.63, 3.8) is 0 Å².